The molecule has 4 heteroatoms. The van der Waals surface area contributed by atoms with E-state index in [9.17, 15) is 5.11 Å². The average Bonchev–Trinajstić information content (AvgIpc) is 2.45. The molecule has 0 radical (unpaired) electrons. The van der Waals surface area contributed by atoms with E-state index < -0.39 is 6.10 Å². The first-order valence-electron chi connectivity index (χ1n) is 6.97. The zero-order valence-electron chi connectivity index (χ0n) is 12.0. The summed E-state index contributed by atoms with van der Waals surface area (Å²) in [6.07, 6.45) is 2.32. The first-order chi connectivity index (χ1) is 8.72. The van der Waals surface area contributed by atoms with Gasteiger partial charge in [-0.1, -0.05) is 52.3 Å². The van der Waals surface area contributed by atoms with Crippen molar-refractivity contribution in [1.29, 1.82) is 0 Å². The zero-order valence-corrected chi connectivity index (χ0v) is 15.1. The maximum absolute atomic E-state index is 10.4. The van der Waals surface area contributed by atoms with Crippen LogP contribution >= 0.6 is 31.9 Å². The molecule has 0 spiro atoms. The topological polar surface area (TPSA) is 29.5 Å². The van der Waals surface area contributed by atoms with Crippen molar-refractivity contribution in [3.05, 3.63) is 12.2 Å². The van der Waals surface area contributed by atoms with Crippen molar-refractivity contribution in [3.63, 3.8) is 0 Å². The van der Waals surface area contributed by atoms with Crippen LogP contribution in [0.1, 0.15) is 40.0 Å². The maximum Gasteiger partial charge on any atom is 0.0911 e. The Balaban J connectivity index is 2.38. The van der Waals surface area contributed by atoms with Crippen LogP contribution in [0.15, 0.2) is 12.2 Å². The van der Waals surface area contributed by atoms with Gasteiger partial charge in [-0.15, -0.1) is 0 Å². The lowest BCUT2D eigenvalue weighted by Crippen LogP contribution is -2.53. The molecule has 0 aromatic heterocycles. The Morgan fingerprint density at radius 2 is 2.05 bits per heavy atom. The summed E-state index contributed by atoms with van der Waals surface area (Å²) in [5.41, 5.74) is 0.747. The van der Waals surface area contributed by atoms with Crippen molar-refractivity contribution in [2.24, 2.45) is 11.3 Å². The van der Waals surface area contributed by atoms with Gasteiger partial charge in [0.1, 0.15) is 0 Å². The quantitative estimate of drug-likeness (QED) is 0.536. The molecule has 2 aliphatic rings. The second-order valence-electron chi connectivity index (χ2n) is 6.78. The zero-order chi connectivity index (χ0) is 14.4. The van der Waals surface area contributed by atoms with E-state index in [1.165, 1.54) is 0 Å². The van der Waals surface area contributed by atoms with Crippen molar-refractivity contribution in [3.8, 4) is 0 Å². The fourth-order valence-corrected chi connectivity index (χ4v) is 4.88. The molecule has 19 heavy (non-hydrogen) atoms. The van der Waals surface area contributed by atoms with Crippen molar-refractivity contribution < 1.29 is 9.84 Å². The standard InChI is InChI=1S/C15H24Br2O2/c1-9-10(18)7-12-14(2,3)13(17)5-6-15(12,4)19-11(9)8-16/h10-13,18H,1,5-8H2,2-4H3/t10-,11+,12?,13+,15+/m1/s1. The fourth-order valence-electron chi connectivity index (χ4n) is 3.78. The first kappa shape index (κ1) is 16.0. The predicted molar refractivity (Wildman–Crippen MR) is 86.1 cm³/mol. The normalized spacial score (nSPS) is 46.5. The van der Waals surface area contributed by atoms with Gasteiger partial charge in [0, 0.05) is 10.2 Å². The van der Waals surface area contributed by atoms with E-state index in [2.05, 4.69) is 59.2 Å². The Morgan fingerprint density at radius 1 is 1.42 bits per heavy atom. The fraction of sp³-hybridized carbons (Fsp3) is 0.867. The number of aliphatic hydroxyl groups excluding tert-OH is 1. The second kappa shape index (κ2) is 5.43. The SMILES string of the molecule is C=C1[C@H](O)CC2C(C)(C)[C@@H](Br)CC[C@]2(C)O[C@H]1CBr. The van der Waals surface area contributed by atoms with Crippen LogP contribution < -0.4 is 0 Å². The van der Waals surface area contributed by atoms with Crippen molar-refractivity contribution >= 4 is 31.9 Å². The molecule has 1 aliphatic heterocycles. The molecule has 0 bridgehead atoms. The summed E-state index contributed by atoms with van der Waals surface area (Å²) in [4.78, 5) is 0.475. The molecule has 5 atom stereocenters. The number of ether oxygens (including phenoxy) is 1. The third-order valence-corrected chi connectivity index (χ3v) is 7.41. The molecule has 1 saturated carbocycles. The first-order valence-corrected chi connectivity index (χ1v) is 9.00. The summed E-state index contributed by atoms with van der Waals surface area (Å²) >= 11 is 7.31. The van der Waals surface area contributed by atoms with Gasteiger partial charge in [0.15, 0.2) is 0 Å². The van der Waals surface area contributed by atoms with Crippen molar-refractivity contribution in [2.45, 2.75) is 62.7 Å². The molecule has 2 rings (SSSR count). The van der Waals surface area contributed by atoms with Crippen LogP contribution in [0.25, 0.3) is 0 Å². The van der Waals surface area contributed by atoms with Crippen molar-refractivity contribution in [2.75, 3.05) is 5.33 Å². The van der Waals surface area contributed by atoms with Gasteiger partial charge in [-0.2, -0.15) is 0 Å². The molecule has 0 aromatic rings. The Bertz CT molecular complexity index is 369. The van der Waals surface area contributed by atoms with Gasteiger partial charge < -0.3 is 9.84 Å². The van der Waals surface area contributed by atoms with E-state index in [1.807, 2.05) is 0 Å². The lowest BCUT2D eigenvalue weighted by Gasteiger charge is -2.52. The molecule has 1 unspecified atom stereocenters. The van der Waals surface area contributed by atoms with E-state index in [0.717, 1.165) is 24.8 Å². The molecule has 1 N–H and O–H groups in total. The number of rotatable bonds is 1. The summed E-state index contributed by atoms with van der Waals surface area (Å²) in [5, 5.41) is 11.1. The molecule has 110 valence electrons. The summed E-state index contributed by atoms with van der Waals surface area (Å²) in [5.74, 6) is 0.328. The Kier molecular flexibility index (Phi) is 4.57. The van der Waals surface area contributed by atoms with E-state index in [4.69, 9.17) is 4.74 Å². The molecule has 1 aliphatic carbocycles. The highest BCUT2D eigenvalue weighted by Gasteiger charge is 2.54. The summed E-state index contributed by atoms with van der Waals surface area (Å²) < 4.78 is 6.39. The molecular formula is C15H24Br2O2. The highest BCUT2D eigenvalue weighted by atomic mass is 79.9. The number of halogens is 2. The number of alkyl halides is 2. The van der Waals surface area contributed by atoms with Crippen LogP contribution in [-0.4, -0.2) is 33.1 Å². The number of hydrogen-bond donors (Lipinski definition) is 1. The predicted octanol–water partition coefficient (Wildman–Crippen LogP) is 4.05. The van der Waals surface area contributed by atoms with Crippen LogP contribution in [0.2, 0.25) is 0 Å². The van der Waals surface area contributed by atoms with E-state index in [1.54, 1.807) is 0 Å². The lowest BCUT2D eigenvalue weighted by molar-refractivity contribution is -0.142. The van der Waals surface area contributed by atoms with Crippen molar-refractivity contribution in [1.82, 2.24) is 0 Å². The third kappa shape index (κ3) is 2.70. The summed E-state index contributed by atoms with van der Waals surface area (Å²) in [6, 6.07) is 0. The van der Waals surface area contributed by atoms with Gasteiger partial charge >= 0.3 is 0 Å². The minimum atomic E-state index is -0.466. The maximum atomic E-state index is 10.4. The van der Waals surface area contributed by atoms with Gasteiger partial charge in [0.25, 0.3) is 0 Å². The minimum Gasteiger partial charge on any atom is -0.389 e. The van der Waals surface area contributed by atoms with Crippen LogP contribution in [0, 0.1) is 11.3 Å². The molecule has 2 nitrogen and oxygen atoms in total. The van der Waals surface area contributed by atoms with Gasteiger partial charge in [0.05, 0.1) is 17.8 Å². The molecular weight excluding hydrogens is 372 g/mol. The Labute approximate surface area is 133 Å². The van der Waals surface area contributed by atoms with Gasteiger partial charge in [-0.25, -0.2) is 0 Å². The highest BCUT2D eigenvalue weighted by Crippen LogP contribution is 2.54. The van der Waals surface area contributed by atoms with Gasteiger partial charge in [-0.05, 0) is 43.1 Å². The monoisotopic (exact) mass is 394 g/mol. The van der Waals surface area contributed by atoms with E-state index >= 15 is 0 Å². The average molecular weight is 396 g/mol. The molecule has 0 amide bonds. The van der Waals surface area contributed by atoms with Crippen LogP contribution in [0.3, 0.4) is 0 Å². The van der Waals surface area contributed by atoms with Crippen LogP contribution in [0.5, 0.6) is 0 Å². The number of aliphatic hydroxyl groups is 1. The highest BCUT2D eigenvalue weighted by molar-refractivity contribution is 9.09. The molecule has 2 fully saturated rings. The second-order valence-corrected chi connectivity index (χ2v) is 8.53. The van der Waals surface area contributed by atoms with Crippen LogP contribution in [0.4, 0.5) is 0 Å². The third-order valence-electron chi connectivity index (χ3n) is 5.19. The minimum absolute atomic E-state index is 0.0901. The van der Waals surface area contributed by atoms with Gasteiger partial charge in [-0.3, -0.25) is 0 Å². The number of hydrogen-bond acceptors (Lipinski definition) is 2. The lowest BCUT2D eigenvalue weighted by atomic mass is 9.60. The van der Waals surface area contributed by atoms with Gasteiger partial charge in [0.2, 0.25) is 0 Å². The van der Waals surface area contributed by atoms with Crippen LogP contribution in [-0.2, 0) is 4.74 Å². The van der Waals surface area contributed by atoms with E-state index in [0.29, 0.717) is 16.1 Å². The smallest absolute Gasteiger partial charge is 0.0911 e. The molecule has 1 saturated heterocycles. The molecule has 1 heterocycles. The molecule has 0 aromatic carbocycles. The summed E-state index contributed by atoms with van der Waals surface area (Å²) in [6.45, 7) is 10.8. The Hall–Kier alpha value is 0.620. The van der Waals surface area contributed by atoms with E-state index in [-0.39, 0.29) is 17.1 Å². The Morgan fingerprint density at radius 3 is 2.63 bits per heavy atom. The largest absolute Gasteiger partial charge is 0.389 e. The number of fused-ring (bicyclic) bond motifs is 1. The summed E-state index contributed by atoms with van der Waals surface area (Å²) in [7, 11) is 0.